The normalized spacial score (nSPS) is 11.2. The van der Waals surface area contributed by atoms with Crippen molar-refractivity contribution in [2.75, 3.05) is 5.73 Å². The lowest BCUT2D eigenvalue weighted by molar-refractivity contribution is 0.619. The van der Waals surface area contributed by atoms with Gasteiger partial charge in [-0.3, -0.25) is 9.78 Å². The predicted molar refractivity (Wildman–Crippen MR) is 118 cm³/mol. The first-order valence-corrected chi connectivity index (χ1v) is 9.87. The maximum absolute atomic E-state index is 13.2. The van der Waals surface area contributed by atoms with Gasteiger partial charge in [0.15, 0.2) is 11.5 Å². The van der Waals surface area contributed by atoms with Crippen LogP contribution in [0.5, 0.6) is 0 Å². The summed E-state index contributed by atoms with van der Waals surface area (Å²) < 4.78 is 16.2. The fourth-order valence-electron chi connectivity index (χ4n) is 3.56. The van der Waals surface area contributed by atoms with Crippen molar-refractivity contribution >= 4 is 11.6 Å². The zero-order valence-corrected chi connectivity index (χ0v) is 17.1. The number of nitrogens with two attached hydrogens (primary N) is 1. The van der Waals surface area contributed by atoms with E-state index in [9.17, 15) is 9.18 Å². The molecule has 1 aromatic carbocycles. The Hall–Kier alpha value is -4.40. The van der Waals surface area contributed by atoms with Crippen molar-refractivity contribution < 1.29 is 4.39 Å². The smallest absolute Gasteiger partial charge is 0.250 e. The van der Waals surface area contributed by atoms with Crippen molar-refractivity contribution in [3.05, 3.63) is 94.7 Å². The Morgan fingerprint density at radius 1 is 1.00 bits per heavy atom. The number of fused-ring (bicyclic) bond motifs is 1. The number of aromatic nitrogens is 6. The van der Waals surface area contributed by atoms with E-state index in [1.807, 2.05) is 30.3 Å². The fraction of sp³-hybridized carbons (Fsp3) is 0.0870. The molecule has 0 atom stereocenters. The highest BCUT2D eigenvalue weighted by molar-refractivity contribution is 5.90. The Bertz CT molecular complexity index is 1490. The third kappa shape index (κ3) is 3.49. The van der Waals surface area contributed by atoms with E-state index in [-0.39, 0.29) is 11.5 Å². The van der Waals surface area contributed by atoms with Crippen LogP contribution in [0.15, 0.2) is 71.8 Å². The van der Waals surface area contributed by atoms with E-state index in [0.717, 1.165) is 17.3 Å². The molecular formula is C23H18FN7O. The Labute approximate surface area is 181 Å². The quantitative estimate of drug-likeness (QED) is 0.473. The fourth-order valence-corrected chi connectivity index (χ4v) is 3.56. The molecule has 0 aliphatic rings. The van der Waals surface area contributed by atoms with Crippen LogP contribution in [0.2, 0.25) is 0 Å². The monoisotopic (exact) mass is 427 g/mol. The zero-order valence-electron chi connectivity index (χ0n) is 17.1. The average Bonchev–Trinajstić information content (AvgIpc) is 3.22. The van der Waals surface area contributed by atoms with Crippen LogP contribution in [0.4, 0.5) is 10.3 Å². The van der Waals surface area contributed by atoms with Crippen LogP contribution in [-0.4, -0.2) is 29.1 Å². The van der Waals surface area contributed by atoms with Gasteiger partial charge in [0.2, 0.25) is 11.5 Å². The van der Waals surface area contributed by atoms with Crippen LogP contribution in [0, 0.1) is 5.82 Å². The minimum absolute atomic E-state index is 0.126. The molecule has 0 amide bonds. The molecule has 0 fully saturated rings. The Morgan fingerprint density at radius 3 is 2.53 bits per heavy atom. The minimum atomic E-state index is -0.408. The Morgan fingerprint density at radius 2 is 1.81 bits per heavy atom. The van der Waals surface area contributed by atoms with Gasteiger partial charge in [-0.15, -0.1) is 5.10 Å². The number of benzene rings is 1. The van der Waals surface area contributed by atoms with Gasteiger partial charge in [0.05, 0.1) is 23.9 Å². The van der Waals surface area contributed by atoms with Gasteiger partial charge in [0.25, 0.3) is 0 Å². The lowest BCUT2D eigenvalue weighted by Gasteiger charge is -2.12. The second kappa shape index (κ2) is 7.69. The summed E-state index contributed by atoms with van der Waals surface area (Å²) in [6.07, 6.45) is 3.19. The number of rotatable bonds is 4. The molecule has 158 valence electrons. The third-order valence-corrected chi connectivity index (χ3v) is 5.10. The van der Waals surface area contributed by atoms with Crippen molar-refractivity contribution in [3.63, 3.8) is 0 Å². The molecule has 32 heavy (non-hydrogen) atoms. The lowest BCUT2D eigenvalue weighted by atomic mass is 10.0. The molecule has 5 rings (SSSR count). The SMILES string of the molecule is Cn1cc(-c2c(-c3ccccc3)nc(N)n3nc(Cc4ccc(F)cn4)nc23)ccc1=O. The van der Waals surface area contributed by atoms with Crippen molar-refractivity contribution in [2.45, 2.75) is 6.42 Å². The van der Waals surface area contributed by atoms with Crippen LogP contribution in [0.3, 0.4) is 0 Å². The molecule has 0 saturated carbocycles. The second-order valence-corrected chi connectivity index (χ2v) is 7.33. The number of anilines is 1. The maximum Gasteiger partial charge on any atom is 0.250 e. The van der Waals surface area contributed by atoms with Crippen LogP contribution in [-0.2, 0) is 13.5 Å². The first kappa shape index (κ1) is 19.6. The van der Waals surface area contributed by atoms with E-state index in [1.54, 1.807) is 25.4 Å². The van der Waals surface area contributed by atoms with Gasteiger partial charge in [-0.25, -0.2) is 14.4 Å². The van der Waals surface area contributed by atoms with E-state index in [1.165, 1.54) is 21.2 Å². The largest absolute Gasteiger partial charge is 0.368 e. The first-order chi connectivity index (χ1) is 15.5. The summed E-state index contributed by atoms with van der Waals surface area (Å²) in [5.41, 5.74) is 10.2. The van der Waals surface area contributed by atoms with Crippen LogP contribution in [0.1, 0.15) is 11.5 Å². The summed E-state index contributed by atoms with van der Waals surface area (Å²) in [6.45, 7) is 0. The standard InChI is InChI=1S/C23H18FN7O/c1-30-13-15(7-10-19(30)32)20-21(14-5-3-2-4-6-14)28-23(25)31-22(20)27-18(29-31)11-17-9-8-16(24)12-26-17/h2-10,12-13H,11H2,1H3,(H2,25,28). The van der Waals surface area contributed by atoms with Gasteiger partial charge in [0.1, 0.15) is 5.82 Å². The number of hydrogen-bond donors (Lipinski definition) is 1. The first-order valence-electron chi connectivity index (χ1n) is 9.87. The van der Waals surface area contributed by atoms with Gasteiger partial charge in [-0.1, -0.05) is 30.3 Å². The number of nitrogens with zero attached hydrogens (tertiary/aromatic N) is 6. The number of aryl methyl sites for hydroxylation is 1. The molecule has 5 aromatic rings. The predicted octanol–water partition coefficient (Wildman–Crippen LogP) is 2.86. The van der Waals surface area contributed by atoms with E-state index in [4.69, 9.17) is 10.7 Å². The molecule has 0 aliphatic carbocycles. The lowest BCUT2D eigenvalue weighted by Crippen LogP contribution is -2.14. The molecule has 4 aromatic heterocycles. The van der Waals surface area contributed by atoms with Crippen molar-refractivity contribution in [1.29, 1.82) is 0 Å². The maximum atomic E-state index is 13.2. The Balaban J connectivity index is 1.75. The van der Waals surface area contributed by atoms with Gasteiger partial charge in [0, 0.05) is 36.1 Å². The van der Waals surface area contributed by atoms with Gasteiger partial charge < -0.3 is 10.3 Å². The average molecular weight is 427 g/mol. The minimum Gasteiger partial charge on any atom is -0.368 e. The van der Waals surface area contributed by atoms with Crippen molar-refractivity contribution in [3.8, 4) is 22.4 Å². The van der Waals surface area contributed by atoms with E-state index in [2.05, 4.69) is 15.1 Å². The molecule has 8 nitrogen and oxygen atoms in total. The van der Waals surface area contributed by atoms with Crippen molar-refractivity contribution in [1.82, 2.24) is 29.1 Å². The number of hydrogen-bond acceptors (Lipinski definition) is 6. The molecule has 0 saturated heterocycles. The number of halogens is 1. The molecule has 0 spiro atoms. The molecule has 9 heteroatoms. The molecule has 4 heterocycles. The van der Waals surface area contributed by atoms with Crippen LogP contribution >= 0.6 is 0 Å². The summed E-state index contributed by atoms with van der Waals surface area (Å²) >= 11 is 0. The molecule has 0 radical (unpaired) electrons. The van der Waals surface area contributed by atoms with Crippen LogP contribution in [0.25, 0.3) is 28.0 Å². The highest BCUT2D eigenvalue weighted by atomic mass is 19.1. The van der Waals surface area contributed by atoms with Crippen molar-refractivity contribution in [2.24, 2.45) is 7.05 Å². The number of pyridine rings is 2. The molecular weight excluding hydrogens is 409 g/mol. The van der Waals surface area contributed by atoms with Gasteiger partial charge in [-0.2, -0.15) is 4.52 Å². The topological polar surface area (TPSA) is 104 Å². The zero-order chi connectivity index (χ0) is 22.2. The van der Waals surface area contributed by atoms with E-state index >= 15 is 0 Å². The summed E-state index contributed by atoms with van der Waals surface area (Å²) in [5, 5.41) is 4.51. The summed E-state index contributed by atoms with van der Waals surface area (Å²) in [7, 11) is 1.69. The Kier molecular flexibility index (Phi) is 4.70. The summed E-state index contributed by atoms with van der Waals surface area (Å²) in [4.78, 5) is 25.4. The summed E-state index contributed by atoms with van der Waals surface area (Å²) in [5.74, 6) is 0.238. The second-order valence-electron chi connectivity index (χ2n) is 7.33. The molecule has 2 N–H and O–H groups in total. The molecule has 0 bridgehead atoms. The van der Waals surface area contributed by atoms with Gasteiger partial charge in [-0.05, 0) is 18.2 Å². The highest BCUT2D eigenvalue weighted by Gasteiger charge is 2.20. The van der Waals surface area contributed by atoms with E-state index < -0.39 is 5.82 Å². The van der Waals surface area contributed by atoms with Gasteiger partial charge >= 0.3 is 0 Å². The molecule has 0 unspecified atom stereocenters. The molecule has 0 aliphatic heterocycles. The van der Waals surface area contributed by atoms with E-state index in [0.29, 0.717) is 34.8 Å². The number of nitrogen functional groups attached to an aromatic ring is 1. The summed E-state index contributed by atoms with van der Waals surface area (Å²) in [6, 6.07) is 15.8. The van der Waals surface area contributed by atoms with Crippen LogP contribution < -0.4 is 11.3 Å². The highest BCUT2D eigenvalue weighted by Crippen LogP contribution is 2.34. The third-order valence-electron chi connectivity index (χ3n) is 5.10.